The minimum absolute atomic E-state index is 0. The summed E-state index contributed by atoms with van der Waals surface area (Å²) in [5.41, 5.74) is 2.11. The average molecular weight is 380 g/mol. The maximum atomic E-state index is 12.2. The summed E-state index contributed by atoms with van der Waals surface area (Å²) >= 11 is 1.59. The molecule has 136 valence electrons. The van der Waals surface area contributed by atoms with Crippen LogP contribution in [-0.4, -0.2) is 24.0 Å². The van der Waals surface area contributed by atoms with Crippen LogP contribution in [0.4, 0.5) is 5.13 Å². The van der Waals surface area contributed by atoms with Gasteiger partial charge in [0.2, 0.25) is 5.91 Å². The highest BCUT2D eigenvalue weighted by molar-refractivity contribution is 7.16. The van der Waals surface area contributed by atoms with E-state index in [1.807, 2.05) is 18.2 Å². The first-order valence-corrected chi connectivity index (χ1v) is 9.63. The molecule has 0 saturated carbocycles. The van der Waals surface area contributed by atoms with Crippen molar-refractivity contribution in [2.75, 3.05) is 18.4 Å². The van der Waals surface area contributed by atoms with E-state index in [9.17, 15) is 4.79 Å². The van der Waals surface area contributed by atoms with Crippen molar-refractivity contribution in [3.8, 4) is 11.3 Å². The maximum absolute atomic E-state index is 12.2. The second kappa shape index (κ2) is 9.90. The van der Waals surface area contributed by atoms with Gasteiger partial charge in [0.25, 0.3) is 0 Å². The number of halogens is 1. The van der Waals surface area contributed by atoms with Gasteiger partial charge in [-0.2, -0.15) is 0 Å². The van der Waals surface area contributed by atoms with Gasteiger partial charge in [0.1, 0.15) is 0 Å². The van der Waals surface area contributed by atoms with Crippen LogP contribution in [0.2, 0.25) is 0 Å². The van der Waals surface area contributed by atoms with E-state index in [2.05, 4.69) is 34.7 Å². The topological polar surface area (TPSA) is 54.0 Å². The minimum atomic E-state index is 0. The van der Waals surface area contributed by atoms with E-state index in [4.69, 9.17) is 0 Å². The molecule has 0 aliphatic carbocycles. The number of benzene rings is 1. The third kappa shape index (κ3) is 5.53. The first-order valence-electron chi connectivity index (χ1n) is 8.82. The molecule has 2 heterocycles. The summed E-state index contributed by atoms with van der Waals surface area (Å²) in [6.45, 7) is 4.29. The molecule has 2 aromatic rings. The highest BCUT2D eigenvalue weighted by Crippen LogP contribution is 2.31. The number of carbonyl (C=O) groups is 1. The molecule has 1 aromatic heterocycles. The molecule has 1 aliphatic heterocycles. The summed E-state index contributed by atoms with van der Waals surface area (Å²) in [5, 5.41) is 7.09. The van der Waals surface area contributed by atoms with Crippen molar-refractivity contribution < 1.29 is 4.79 Å². The van der Waals surface area contributed by atoms with E-state index >= 15 is 0 Å². The summed E-state index contributed by atoms with van der Waals surface area (Å²) in [7, 11) is 0. The van der Waals surface area contributed by atoms with Crippen molar-refractivity contribution >= 4 is 34.8 Å². The number of rotatable bonds is 6. The molecule has 0 spiro atoms. The molecule has 1 amide bonds. The molecular weight excluding hydrogens is 354 g/mol. The number of hydrogen-bond acceptors (Lipinski definition) is 4. The smallest absolute Gasteiger partial charge is 0.226 e. The predicted molar refractivity (Wildman–Crippen MR) is 108 cm³/mol. The second-order valence-electron chi connectivity index (χ2n) is 6.29. The number of amides is 1. The third-order valence-electron chi connectivity index (χ3n) is 4.55. The second-order valence-corrected chi connectivity index (χ2v) is 7.37. The zero-order valence-electron chi connectivity index (χ0n) is 14.6. The fourth-order valence-electron chi connectivity index (χ4n) is 3.15. The van der Waals surface area contributed by atoms with Crippen molar-refractivity contribution in [2.45, 2.75) is 39.0 Å². The Balaban J connectivity index is 0.00000225. The normalized spacial score (nSPS) is 14.8. The number of anilines is 1. The Labute approximate surface area is 159 Å². The fourth-order valence-corrected chi connectivity index (χ4v) is 4.09. The van der Waals surface area contributed by atoms with Gasteiger partial charge in [0.05, 0.1) is 5.69 Å². The number of nitrogens with one attached hydrogen (secondary N) is 2. The Bertz CT molecular complexity index is 669. The number of thiazole rings is 1. The highest BCUT2D eigenvalue weighted by Gasteiger charge is 2.16. The molecule has 1 fully saturated rings. The molecule has 6 heteroatoms. The molecular formula is C19H26ClN3OS. The lowest BCUT2D eigenvalue weighted by Crippen LogP contribution is -2.28. The van der Waals surface area contributed by atoms with Crippen molar-refractivity contribution in [3.63, 3.8) is 0 Å². The van der Waals surface area contributed by atoms with Gasteiger partial charge in [-0.3, -0.25) is 4.79 Å². The number of aryl methyl sites for hydroxylation is 1. The summed E-state index contributed by atoms with van der Waals surface area (Å²) in [6.07, 6.45) is 4.86. The quantitative estimate of drug-likeness (QED) is 0.776. The minimum Gasteiger partial charge on any atom is -0.317 e. The van der Waals surface area contributed by atoms with Crippen LogP contribution in [-0.2, 0) is 11.2 Å². The predicted octanol–water partition coefficient (Wildman–Crippen LogP) is 4.51. The first-order chi connectivity index (χ1) is 11.8. The van der Waals surface area contributed by atoms with Crippen molar-refractivity contribution in [2.24, 2.45) is 5.92 Å². The Morgan fingerprint density at radius 3 is 2.68 bits per heavy atom. The van der Waals surface area contributed by atoms with Gasteiger partial charge in [0, 0.05) is 16.9 Å². The van der Waals surface area contributed by atoms with Crippen molar-refractivity contribution in [1.29, 1.82) is 0 Å². The van der Waals surface area contributed by atoms with Crippen LogP contribution in [0.3, 0.4) is 0 Å². The van der Waals surface area contributed by atoms with Gasteiger partial charge in [-0.15, -0.1) is 23.7 Å². The molecule has 0 unspecified atom stereocenters. The molecule has 1 saturated heterocycles. The van der Waals surface area contributed by atoms with E-state index in [1.165, 1.54) is 17.7 Å². The van der Waals surface area contributed by atoms with Crippen molar-refractivity contribution in [3.05, 3.63) is 35.2 Å². The molecule has 0 radical (unpaired) electrons. The monoisotopic (exact) mass is 379 g/mol. The van der Waals surface area contributed by atoms with E-state index < -0.39 is 0 Å². The first kappa shape index (κ1) is 19.9. The van der Waals surface area contributed by atoms with Crippen LogP contribution in [0.5, 0.6) is 0 Å². The Morgan fingerprint density at radius 2 is 2.00 bits per heavy atom. The number of piperidine rings is 1. The van der Waals surface area contributed by atoms with E-state index in [-0.39, 0.29) is 18.3 Å². The maximum Gasteiger partial charge on any atom is 0.226 e. The number of hydrogen-bond donors (Lipinski definition) is 2. The van der Waals surface area contributed by atoms with Gasteiger partial charge < -0.3 is 10.6 Å². The van der Waals surface area contributed by atoms with Gasteiger partial charge in [-0.1, -0.05) is 37.3 Å². The SMILES string of the molecule is CCc1sc(NC(=O)CCC2CCNCC2)nc1-c1ccccc1.Cl. The number of aromatic nitrogens is 1. The van der Waals surface area contributed by atoms with E-state index in [1.54, 1.807) is 11.3 Å². The van der Waals surface area contributed by atoms with Crippen LogP contribution < -0.4 is 10.6 Å². The Kier molecular flexibility index (Phi) is 7.88. The van der Waals surface area contributed by atoms with Crippen LogP contribution in [0.15, 0.2) is 30.3 Å². The number of carbonyl (C=O) groups excluding carboxylic acids is 1. The standard InChI is InChI=1S/C19H25N3OS.ClH/c1-2-16-18(15-6-4-3-5-7-15)22-19(24-16)21-17(23)9-8-14-10-12-20-13-11-14;/h3-7,14,20H,2,8-13H2,1H3,(H,21,22,23);1H. The molecule has 25 heavy (non-hydrogen) atoms. The molecule has 0 atom stereocenters. The van der Waals surface area contributed by atoms with Gasteiger partial charge in [-0.25, -0.2) is 4.98 Å². The molecule has 1 aliphatic rings. The molecule has 2 N–H and O–H groups in total. The zero-order valence-corrected chi connectivity index (χ0v) is 16.2. The molecule has 4 nitrogen and oxygen atoms in total. The largest absolute Gasteiger partial charge is 0.317 e. The molecule has 1 aromatic carbocycles. The lowest BCUT2D eigenvalue weighted by atomic mass is 9.93. The van der Waals surface area contributed by atoms with Crippen LogP contribution in [0.1, 0.15) is 37.5 Å². The average Bonchev–Trinajstić information content (AvgIpc) is 3.04. The summed E-state index contributed by atoms with van der Waals surface area (Å²) in [4.78, 5) is 18.1. The van der Waals surface area contributed by atoms with Crippen LogP contribution in [0.25, 0.3) is 11.3 Å². The van der Waals surface area contributed by atoms with E-state index in [0.29, 0.717) is 12.3 Å². The molecule has 3 rings (SSSR count). The van der Waals surface area contributed by atoms with Crippen LogP contribution >= 0.6 is 23.7 Å². The lowest BCUT2D eigenvalue weighted by Gasteiger charge is -2.21. The highest BCUT2D eigenvalue weighted by atomic mass is 35.5. The van der Waals surface area contributed by atoms with Gasteiger partial charge >= 0.3 is 0 Å². The molecule has 0 bridgehead atoms. The Hall–Kier alpha value is -1.43. The van der Waals surface area contributed by atoms with Crippen molar-refractivity contribution in [1.82, 2.24) is 10.3 Å². The summed E-state index contributed by atoms with van der Waals surface area (Å²) in [5.74, 6) is 0.768. The van der Waals surface area contributed by atoms with Gasteiger partial charge in [0.15, 0.2) is 5.13 Å². The summed E-state index contributed by atoms with van der Waals surface area (Å²) < 4.78 is 0. The van der Waals surface area contributed by atoms with E-state index in [0.717, 1.165) is 42.3 Å². The summed E-state index contributed by atoms with van der Waals surface area (Å²) in [6, 6.07) is 10.2. The number of nitrogens with zero attached hydrogens (tertiary/aromatic N) is 1. The van der Waals surface area contributed by atoms with Crippen LogP contribution in [0, 0.1) is 5.92 Å². The third-order valence-corrected chi connectivity index (χ3v) is 5.67. The lowest BCUT2D eigenvalue weighted by molar-refractivity contribution is -0.116. The van der Waals surface area contributed by atoms with Gasteiger partial charge in [-0.05, 0) is 44.7 Å². The fraction of sp³-hybridized carbons (Fsp3) is 0.474. The zero-order chi connectivity index (χ0) is 16.8. The Morgan fingerprint density at radius 1 is 1.28 bits per heavy atom.